The number of hydrogen-bond donors (Lipinski definition) is 2. The number of methoxy groups -OCH3 is 1. The van der Waals surface area contributed by atoms with Crippen LogP contribution in [0.25, 0.3) is 10.8 Å². The number of anilines is 2. The van der Waals surface area contributed by atoms with Crippen LogP contribution in [0.2, 0.25) is 5.02 Å². The number of carbonyl (C=O) groups is 2. The molecule has 0 aromatic heterocycles. The van der Waals surface area contributed by atoms with E-state index in [1.165, 1.54) is 7.11 Å². The first-order valence-corrected chi connectivity index (χ1v) is 10.6. The van der Waals surface area contributed by atoms with Gasteiger partial charge in [0.25, 0.3) is 11.8 Å². The molecule has 0 aliphatic rings. The molecule has 0 saturated carbocycles. The van der Waals surface area contributed by atoms with E-state index in [9.17, 15) is 9.59 Å². The second kappa shape index (κ2) is 10.1. The van der Waals surface area contributed by atoms with E-state index in [4.69, 9.17) is 21.1 Å². The van der Waals surface area contributed by atoms with Gasteiger partial charge in [0.05, 0.1) is 23.4 Å². The molecule has 0 aliphatic carbocycles. The van der Waals surface area contributed by atoms with Crippen molar-refractivity contribution in [2.45, 2.75) is 0 Å². The lowest BCUT2D eigenvalue weighted by atomic mass is 10.1. The molecular weight excluding hydrogens is 440 g/mol. The lowest BCUT2D eigenvalue weighted by Gasteiger charge is -2.14. The Bertz CT molecular complexity index is 1320. The fourth-order valence-electron chi connectivity index (χ4n) is 3.37. The number of ether oxygens (including phenoxy) is 2. The van der Waals surface area contributed by atoms with E-state index in [-0.39, 0.29) is 18.4 Å². The highest BCUT2D eigenvalue weighted by Gasteiger charge is 2.14. The van der Waals surface area contributed by atoms with E-state index in [0.717, 1.165) is 10.8 Å². The fraction of sp³-hybridized carbons (Fsp3) is 0.0769. The van der Waals surface area contributed by atoms with Crippen LogP contribution in [0.15, 0.2) is 84.9 Å². The average Bonchev–Trinajstić information content (AvgIpc) is 2.83. The number of carbonyl (C=O) groups excluding carboxylic acids is 2. The Morgan fingerprint density at radius 2 is 1.61 bits per heavy atom. The second-order valence-corrected chi connectivity index (χ2v) is 7.57. The Kier molecular flexibility index (Phi) is 6.76. The Labute approximate surface area is 196 Å². The van der Waals surface area contributed by atoms with Crippen molar-refractivity contribution in [1.82, 2.24) is 0 Å². The van der Waals surface area contributed by atoms with E-state index in [1.54, 1.807) is 42.5 Å². The van der Waals surface area contributed by atoms with Crippen molar-refractivity contribution in [1.29, 1.82) is 0 Å². The highest BCUT2D eigenvalue weighted by atomic mass is 35.5. The Morgan fingerprint density at radius 1 is 0.848 bits per heavy atom. The smallest absolute Gasteiger partial charge is 0.262 e. The third-order valence-corrected chi connectivity index (χ3v) is 5.29. The van der Waals surface area contributed by atoms with Gasteiger partial charge in [-0.05, 0) is 35.7 Å². The quantitative estimate of drug-likeness (QED) is 0.367. The number of benzene rings is 4. The number of rotatable bonds is 7. The van der Waals surface area contributed by atoms with Crippen LogP contribution in [0, 0.1) is 0 Å². The van der Waals surface area contributed by atoms with Crippen molar-refractivity contribution in [3.63, 3.8) is 0 Å². The van der Waals surface area contributed by atoms with Crippen molar-refractivity contribution in [3.8, 4) is 11.5 Å². The van der Waals surface area contributed by atoms with Gasteiger partial charge in [0.2, 0.25) is 0 Å². The maximum Gasteiger partial charge on any atom is 0.262 e. The van der Waals surface area contributed by atoms with Crippen molar-refractivity contribution < 1.29 is 19.1 Å². The summed E-state index contributed by atoms with van der Waals surface area (Å²) in [6.45, 7) is -0.151. The van der Waals surface area contributed by atoms with Crippen LogP contribution in [0.3, 0.4) is 0 Å². The molecular formula is C26H21ClN2O4. The van der Waals surface area contributed by atoms with Crippen LogP contribution in [-0.2, 0) is 4.79 Å². The third-order valence-electron chi connectivity index (χ3n) is 4.96. The van der Waals surface area contributed by atoms with Gasteiger partial charge in [-0.15, -0.1) is 0 Å². The van der Waals surface area contributed by atoms with Crippen LogP contribution in [0.5, 0.6) is 11.5 Å². The van der Waals surface area contributed by atoms with Gasteiger partial charge >= 0.3 is 0 Å². The van der Waals surface area contributed by atoms with E-state index in [0.29, 0.717) is 33.5 Å². The molecule has 4 rings (SSSR count). The van der Waals surface area contributed by atoms with E-state index in [2.05, 4.69) is 10.6 Å². The predicted molar refractivity (Wildman–Crippen MR) is 130 cm³/mol. The number of amides is 2. The third kappa shape index (κ3) is 5.25. The summed E-state index contributed by atoms with van der Waals surface area (Å²) < 4.78 is 11.1. The number of nitrogens with one attached hydrogen (secondary N) is 2. The molecule has 0 spiro atoms. The van der Waals surface area contributed by atoms with Gasteiger partial charge in [0, 0.05) is 17.1 Å². The summed E-state index contributed by atoms with van der Waals surface area (Å²) in [4.78, 5) is 25.0. The number of halogens is 1. The summed E-state index contributed by atoms with van der Waals surface area (Å²) in [6, 6.07) is 25.2. The summed E-state index contributed by atoms with van der Waals surface area (Å²) in [7, 11) is 1.48. The summed E-state index contributed by atoms with van der Waals surface area (Å²) in [5, 5.41) is 7.88. The van der Waals surface area contributed by atoms with Gasteiger partial charge in [-0.2, -0.15) is 0 Å². The zero-order valence-electron chi connectivity index (χ0n) is 17.8. The normalized spacial score (nSPS) is 10.5. The minimum atomic E-state index is -0.362. The van der Waals surface area contributed by atoms with E-state index < -0.39 is 0 Å². The summed E-state index contributed by atoms with van der Waals surface area (Å²) in [5.41, 5.74) is 1.31. The SMILES string of the molecule is COc1cc(NC(=O)COc2cccc3ccccc23)ccc1NC(=O)c1ccccc1Cl. The molecule has 0 bridgehead atoms. The van der Waals surface area contributed by atoms with Crippen molar-refractivity contribution >= 4 is 45.6 Å². The van der Waals surface area contributed by atoms with E-state index in [1.807, 2.05) is 42.5 Å². The van der Waals surface area contributed by atoms with Crippen LogP contribution < -0.4 is 20.1 Å². The van der Waals surface area contributed by atoms with Gasteiger partial charge in [-0.1, -0.05) is 60.1 Å². The molecule has 0 radical (unpaired) electrons. The van der Waals surface area contributed by atoms with Crippen molar-refractivity contribution in [2.24, 2.45) is 0 Å². The standard InChI is InChI=1S/C26H21ClN2O4/c1-32-24-15-18(13-14-22(24)29-26(31)20-10-4-5-11-21(20)27)28-25(30)16-33-23-12-6-8-17-7-2-3-9-19(17)23/h2-15H,16H2,1H3,(H,28,30)(H,29,31). The van der Waals surface area contributed by atoms with Gasteiger partial charge in [0.15, 0.2) is 6.61 Å². The molecule has 0 fully saturated rings. The second-order valence-electron chi connectivity index (χ2n) is 7.16. The predicted octanol–water partition coefficient (Wildman–Crippen LogP) is 5.77. The molecule has 4 aromatic carbocycles. The highest BCUT2D eigenvalue weighted by Crippen LogP contribution is 2.29. The first kappa shape index (κ1) is 22.2. The summed E-state index contributed by atoms with van der Waals surface area (Å²) in [6.07, 6.45) is 0. The molecule has 7 heteroatoms. The zero-order chi connectivity index (χ0) is 23.2. The minimum absolute atomic E-state index is 0.151. The Morgan fingerprint density at radius 3 is 2.42 bits per heavy atom. The topological polar surface area (TPSA) is 76.7 Å². The molecule has 33 heavy (non-hydrogen) atoms. The molecule has 0 saturated heterocycles. The molecule has 0 atom stereocenters. The molecule has 0 unspecified atom stereocenters. The first-order valence-electron chi connectivity index (χ1n) is 10.2. The monoisotopic (exact) mass is 460 g/mol. The molecule has 2 amide bonds. The van der Waals surface area contributed by atoms with Gasteiger partial charge in [0.1, 0.15) is 11.5 Å². The van der Waals surface area contributed by atoms with Crippen LogP contribution in [-0.4, -0.2) is 25.5 Å². The lowest BCUT2D eigenvalue weighted by molar-refractivity contribution is -0.118. The first-order chi connectivity index (χ1) is 16.0. The zero-order valence-corrected chi connectivity index (χ0v) is 18.6. The molecule has 4 aromatic rings. The molecule has 0 aliphatic heterocycles. The molecule has 6 nitrogen and oxygen atoms in total. The van der Waals surface area contributed by atoms with E-state index >= 15 is 0 Å². The Balaban J connectivity index is 1.41. The molecule has 166 valence electrons. The summed E-state index contributed by atoms with van der Waals surface area (Å²) >= 11 is 6.10. The van der Waals surface area contributed by atoms with Crippen molar-refractivity contribution in [2.75, 3.05) is 24.4 Å². The van der Waals surface area contributed by atoms with Crippen molar-refractivity contribution in [3.05, 3.63) is 95.5 Å². The number of fused-ring (bicyclic) bond motifs is 1. The van der Waals surface area contributed by atoms with Gasteiger partial charge < -0.3 is 20.1 Å². The van der Waals surface area contributed by atoms with Crippen LogP contribution >= 0.6 is 11.6 Å². The van der Waals surface area contributed by atoms with Gasteiger partial charge in [-0.25, -0.2) is 0 Å². The molecule has 0 heterocycles. The summed E-state index contributed by atoms with van der Waals surface area (Å²) in [5.74, 6) is 0.346. The maximum atomic E-state index is 12.5. The fourth-order valence-corrected chi connectivity index (χ4v) is 3.59. The largest absolute Gasteiger partial charge is 0.494 e. The Hall–Kier alpha value is -4.03. The minimum Gasteiger partial charge on any atom is -0.494 e. The highest BCUT2D eigenvalue weighted by molar-refractivity contribution is 6.34. The maximum absolute atomic E-state index is 12.5. The van der Waals surface area contributed by atoms with Crippen LogP contribution in [0.4, 0.5) is 11.4 Å². The number of hydrogen-bond acceptors (Lipinski definition) is 4. The average molecular weight is 461 g/mol. The lowest BCUT2D eigenvalue weighted by Crippen LogP contribution is -2.20. The van der Waals surface area contributed by atoms with Crippen LogP contribution in [0.1, 0.15) is 10.4 Å². The molecule has 2 N–H and O–H groups in total. The van der Waals surface area contributed by atoms with Gasteiger partial charge in [-0.3, -0.25) is 9.59 Å².